The zero-order chi connectivity index (χ0) is 13.0. The molecule has 0 spiro atoms. The van der Waals surface area contributed by atoms with Gasteiger partial charge in [-0.2, -0.15) is 0 Å². The average Bonchev–Trinajstić information content (AvgIpc) is 2.62. The molecule has 0 atom stereocenters. The Kier molecular flexibility index (Phi) is 3.76. The lowest BCUT2D eigenvalue weighted by Gasteiger charge is -2.19. The van der Waals surface area contributed by atoms with Crippen LogP contribution < -0.4 is 10.6 Å². The number of carbonyl (C=O) groups excluding carboxylic acids is 2. The van der Waals surface area contributed by atoms with Gasteiger partial charge in [-0.05, 0) is 18.6 Å². The molecule has 6 heteroatoms. The van der Waals surface area contributed by atoms with E-state index in [1.54, 1.807) is 30.3 Å². The van der Waals surface area contributed by atoms with Gasteiger partial charge >= 0.3 is 0 Å². The minimum Gasteiger partial charge on any atom is -0.373 e. The molecule has 0 aromatic carbocycles. The van der Waals surface area contributed by atoms with Gasteiger partial charge in [0, 0.05) is 31.9 Å². The van der Waals surface area contributed by atoms with Gasteiger partial charge in [0.15, 0.2) is 0 Å². The first-order valence-electron chi connectivity index (χ1n) is 5.90. The van der Waals surface area contributed by atoms with Gasteiger partial charge in [-0.3, -0.25) is 9.59 Å². The Balaban J connectivity index is 2.16. The number of aromatic nitrogens is 1. The van der Waals surface area contributed by atoms with Crippen LogP contribution in [0.4, 0.5) is 5.82 Å². The van der Waals surface area contributed by atoms with Crippen molar-refractivity contribution in [2.24, 2.45) is 0 Å². The van der Waals surface area contributed by atoms with Gasteiger partial charge in [0.2, 0.25) is 5.91 Å². The van der Waals surface area contributed by atoms with Crippen molar-refractivity contribution in [2.45, 2.75) is 6.42 Å². The molecule has 1 aliphatic heterocycles. The zero-order valence-electron chi connectivity index (χ0n) is 10.3. The number of carbonyl (C=O) groups is 2. The maximum Gasteiger partial charge on any atom is 0.254 e. The molecule has 2 rings (SSSR count). The summed E-state index contributed by atoms with van der Waals surface area (Å²) in [6.07, 6.45) is 2.36. The molecule has 1 aliphatic rings. The number of rotatable bonds is 2. The first-order valence-corrected chi connectivity index (χ1v) is 5.90. The second-order valence-electron chi connectivity index (χ2n) is 4.11. The van der Waals surface area contributed by atoms with E-state index >= 15 is 0 Å². The van der Waals surface area contributed by atoms with Crippen molar-refractivity contribution in [3.63, 3.8) is 0 Å². The van der Waals surface area contributed by atoms with E-state index < -0.39 is 0 Å². The van der Waals surface area contributed by atoms with Crippen molar-refractivity contribution < 1.29 is 9.59 Å². The third-order valence-corrected chi connectivity index (χ3v) is 2.81. The monoisotopic (exact) mass is 248 g/mol. The average molecular weight is 248 g/mol. The van der Waals surface area contributed by atoms with E-state index in [0.717, 1.165) is 6.42 Å². The fraction of sp³-hybridized carbons (Fsp3) is 0.417. The number of nitrogens with zero attached hydrogens (tertiary/aromatic N) is 2. The van der Waals surface area contributed by atoms with Crippen LogP contribution in [-0.4, -0.2) is 48.4 Å². The van der Waals surface area contributed by atoms with Crippen molar-refractivity contribution in [1.82, 2.24) is 15.2 Å². The third-order valence-electron chi connectivity index (χ3n) is 2.81. The summed E-state index contributed by atoms with van der Waals surface area (Å²) in [6, 6.07) is 3.34. The first kappa shape index (κ1) is 12.3. The molecule has 0 saturated carbocycles. The Morgan fingerprint density at radius 3 is 3.17 bits per heavy atom. The van der Waals surface area contributed by atoms with Crippen LogP contribution >= 0.6 is 0 Å². The minimum absolute atomic E-state index is 0.108. The molecule has 0 bridgehead atoms. The van der Waals surface area contributed by atoms with Crippen LogP contribution in [0.15, 0.2) is 18.3 Å². The molecule has 6 nitrogen and oxygen atoms in total. The molecule has 1 aromatic rings. The summed E-state index contributed by atoms with van der Waals surface area (Å²) in [5, 5.41) is 5.63. The quantitative estimate of drug-likeness (QED) is 0.777. The van der Waals surface area contributed by atoms with Crippen molar-refractivity contribution in [3.05, 3.63) is 23.9 Å². The molecular formula is C12H16N4O2. The summed E-state index contributed by atoms with van der Waals surface area (Å²) >= 11 is 0. The normalized spacial score (nSPS) is 15.8. The standard InChI is InChI=1S/C12H16N4O2/c1-13-10-7-9(3-5-14-10)12(18)16-6-2-4-15-11(17)8-16/h3,5,7H,2,4,6,8H2,1H3,(H,13,14)(H,15,17). The van der Waals surface area contributed by atoms with Crippen molar-refractivity contribution in [3.8, 4) is 0 Å². The Labute approximate surface area is 105 Å². The van der Waals surface area contributed by atoms with Gasteiger partial charge in [0.05, 0.1) is 6.54 Å². The van der Waals surface area contributed by atoms with Crippen molar-refractivity contribution in [1.29, 1.82) is 0 Å². The zero-order valence-corrected chi connectivity index (χ0v) is 10.3. The Hall–Kier alpha value is -2.11. The van der Waals surface area contributed by atoms with Gasteiger partial charge in [-0.15, -0.1) is 0 Å². The second-order valence-corrected chi connectivity index (χ2v) is 4.11. The van der Waals surface area contributed by atoms with Crippen LogP contribution in [0.1, 0.15) is 16.8 Å². The highest BCUT2D eigenvalue weighted by molar-refractivity contribution is 5.97. The molecule has 1 saturated heterocycles. The van der Waals surface area contributed by atoms with E-state index in [2.05, 4.69) is 15.6 Å². The first-order chi connectivity index (χ1) is 8.70. The second kappa shape index (κ2) is 5.48. The smallest absolute Gasteiger partial charge is 0.254 e. The SMILES string of the molecule is CNc1cc(C(=O)N2CCCNC(=O)C2)ccn1. The van der Waals surface area contributed by atoms with E-state index in [-0.39, 0.29) is 18.4 Å². The molecule has 96 valence electrons. The molecule has 2 amide bonds. The van der Waals surface area contributed by atoms with E-state index in [1.165, 1.54) is 0 Å². The van der Waals surface area contributed by atoms with Gasteiger partial charge in [-0.1, -0.05) is 0 Å². The summed E-state index contributed by atoms with van der Waals surface area (Å²) in [5.41, 5.74) is 0.545. The number of pyridine rings is 1. The number of hydrogen-bond donors (Lipinski definition) is 2. The lowest BCUT2D eigenvalue weighted by Crippen LogP contribution is -2.37. The summed E-state index contributed by atoms with van der Waals surface area (Å²) in [7, 11) is 1.75. The van der Waals surface area contributed by atoms with E-state index in [0.29, 0.717) is 24.5 Å². The molecule has 2 heterocycles. The van der Waals surface area contributed by atoms with E-state index in [4.69, 9.17) is 0 Å². The van der Waals surface area contributed by atoms with Crippen LogP contribution in [0.5, 0.6) is 0 Å². The molecule has 0 aliphatic carbocycles. The van der Waals surface area contributed by atoms with E-state index in [9.17, 15) is 9.59 Å². The number of amides is 2. The molecule has 18 heavy (non-hydrogen) atoms. The highest BCUT2D eigenvalue weighted by Crippen LogP contribution is 2.10. The predicted molar refractivity (Wildman–Crippen MR) is 67.3 cm³/mol. The Morgan fingerprint density at radius 1 is 1.56 bits per heavy atom. The summed E-state index contributed by atoms with van der Waals surface area (Å²) in [4.78, 5) is 29.3. The number of nitrogens with one attached hydrogen (secondary N) is 2. The van der Waals surface area contributed by atoms with Gasteiger partial charge in [0.25, 0.3) is 5.91 Å². The van der Waals surface area contributed by atoms with Crippen LogP contribution in [0, 0.1) is 0 Å². The highest BCUT2D eigenvalue weighted by Gasteiger charge is 2.21. The summed E-state index contributed by atoms with van der Waals surface area (Å²) in [5.74, 6) is 0.398. The molecule has 0 unspecified atom stereocenters. The molecule has 2 N–H and O–H groups in total. The van der Waals surface area contributed by atoms with Crippen molar-refractivity contribution in [2.75, 3.05) is 32.0 Å². The largest absolute Gasteiger partial charge is 0.373 e. The van der Waals surface area contributed by atoms with Crippen LogP contribution in [0.3, 0.4) is 0 Å². The predicted octanol–water partition coefficient (Wildman–Crippen LogP) is 0.0854. The number of hydrogen-bond acceptors (Lipinski definition) is 4. The van der Waals surface area contributed by atoms with Crippen LogP contribution in [-0.2, 0) is 4.79 Å². The molecule has 1 fully saturated rings. The third kappa shape index (κ3) is 2.77. The molecular weight excluding hydrogens is 232 g/mol. The fourth-order valence-corrected chi connectivity index (χ4v) is 1.86. The highest BCUT2D eigenvalue weighted by atomic mass is 16.2. The maximum atomic E-state index is 12.3. The number of anilines is 1. The topological polar surface area (TPSA) is 74.3 Å². The van der Waals surface area contributed by atoms with Gasteiger partial charge < -0.3 is 15.5 Å². The van der Waals surface area contributed by atoms with Gasteiger partial charge in [0.1, 0.15) is 5.82 Å². The molecule has 1 aromatic heterocycles. The lowest BCUT2D eigenvalue weighted by atomic mass is 10.2. The van der Waals surface area contributed by atoms with Crippen molar-refractivity contribution >= 4 is 17.6 Å². The fourth-order valence-electron chi connectivity index (χ4n) is 1.86. The Morgan fingerprint density at radius 2 is 2.39 bits per heavy atom. The minimum atomic E-state index is -0.133. The lowest BCUT2D eigenvalue weighted by molar-refractivity contribution is -0.121. The Bertz CT molecular complexity index is 461. The van der Waals surface area contributed by atoms with Crippen LogP contribution in [0.25, 0.3) is 0 Å². The summed E-state index contributed by atoms with van der Waals surface area (Å²) < 4.78 is 0. The molecule has 0 radical (unpaired) electrons. The summed E-state index contributed by atoms with van der Waals surface area (Å²) in [6.45, 7) is 1.34. The van der Waals surface area contributed by atoms with Gasteiger partial charge in [-0.25, -0.2) is 4.98 Å². The van der Waals surface area contributed by atoms with E-state index in [1.807, 2.05) is 0 Å². The maximum absolute atomic E-state index is 12.3. The van der Waals surface area contributed by atoms with Crippen LogP contribution in [0.2, 0.25) is 0 Å².